The zero-order valence-electron chi connectivity index (χ0n) is 12.9. The van der Waals surface area contributed by atoms with E-state index in [1.165, 1.54) is 24.5 Å². The Balaban J connectivity index is 1.98. The highest BCUT2D eigenvalue weighted by Crippen LogP contribution is 2.25. The summed E-state index contributed by atoms with van der Waals surface area (Å²) < 4.78 is 0.919. The average Bonchev–Trinajstić information content (AvgIpc) is 3.18. The Hall–Kier alpha value is -3.69. The van der Waals surface area contributed by atoms with Gasteiger partial charge in [-0.2, -0.15) is 14.7 Å². The van der Waals surface area contributed by atoms with E-state index in [1.807, 2.05) is 0 Å². The number of benzene rings is 1. The van der Waals surface area contributed by atoms with E-state index in [2.05, 4.69) is 4.98 Å². The van der Waals surface area contributed by atoms with Crippen molar-refractivity contribution in [3.63, 3.8) is 0 Å². The standard InChI is InChI=1S/C15H12N4O6/c1-9(14(22)23)18(15(24)25-17-7-6-16-8-17)19-12(20)10-4-2-3-5-11(10)13(19)21/h2-9H,1H3,(H,22,23). The summed E-state index contributed by atoms with van der Waals surface area (Å²) >= 11 is 0. The lowest BCUT2D eigenvalue weighted by atomic mass is 10.1. The van der Waals surface area contributed by atoms with Crippen molar-refractivity contribution in [1.29, 1.82) is 0 Å². The van der Waals surface area contributed by atoms with Gasteiger partial charge in [0.25, 0.3) is 11.8 Å². The van der Waals surface area contributed by atoms with Gasteiger partial charge in [0, 0.05) is 6.20 Å². The third-order valence-electron chi connectivity index (χ3n) is 3.56. The number of imidazole rings is 1. The molecule has 0 fully saturated rings. The number of hydrazine groups is 1. The van der Waals surface area contributed by atoms with Crippen molar-refractivity contribution in [3.05, 3.63) is 54.1 Å². The van der Waals surface area contributed by atoms with Crippen molar-refractivity contribution in [2.24, 2.45) is 0 Å². The first-order valence-corrected chi connectivity index (χ1v) is 7.12. The molecular weight excluding hydrogens is 332 g/mol. The summed E-state index contributed by atoms with van der Waals surface area (Å²) in [5.74, 6) is -3.04. The van der Waals surface area contributed by atoms with E-state index in [0.29, 0.717) is 10.0 Å². The number of aromatic nitrogens is 2. The molecule has 10 heteroatoms. The van der Waals surface area contributed by atoms with Crippen LogP contribution in [0.1, 0.15) is 27.6 Å². The topological polar surface area (TPSA) is 122 Å². The van der Waals surface area contributed by atoms with Crippen molar-refractivity contribution < 1.29 is 29.1 Å². The molecule has 1 atom stereocenters. The van der Waals surface area contributed by atoms with Crippen molar-refractivity contribution in [2.45, 2.75) is 13.0 Å². The van der Waals surface area contributed by atoms with E-state index in [-0.39, 0.29) is 11.1 Å². The molecule has 10 nitrogen and oxygen atoms in total. The Morgan fingerprint density at radius 3 is 2.28 bits per heavy atom. The van der Waals surface area contributed by atoms with Gasteiger partial charge in [-0.15, -0.1) is 0 Å². The van der Waals surface area contributed by atoms with Gasteiger partial charge in [0.05, 0.1) is 17.3 Å². The van der Waals surface area contributed by atoms with E-state index in [0.717, 1.165) is 18.0 Å². The first kappa shape index (κ1) is 16.2. The molecule has 0 saturated heterocycles. The monoisotopic (exact) mass is 344 g/mol. The van der Waals surface area contributed by atoms with Crippen LogP contribution in [-0.2, 0) is 4.79 Å². The summed E-state index contributed by atoms with van der Waals surface area (Å²) in [6, 6.07) is 4.42. The van der Waals surface area contributed by atoms with Crippen LogP contribution in [0.15, 0.2) is 43.0 Å². The highest BCUT2D eigenvalue weighted by molar-refractivity contribution is 6.21. The highest BCUT2D eigenvalue weighted by atomic mass is 16.7. The Kier molecular flexibility index (Phi) is 3.93. The van der Waals surface area contributed by atoms with Gasteiger partial charge in [0.1, 0.15) is 6.33 Å². The number of rotatable bonds is 4. The van der Waals surface area contributed by atoms with Gasteiger partial charge in [-0.25, -0.2) is 14.6 Å². The van der Waals surface area contributed by atoms with Gasteiger partial charge in [0.2, 0.25) is 0 Å². The molecule has 25 heavy (non-hydrogen) atoms. The number of fused-ring (bicyclic) bond motifs is 1. The zero-order valence-corrected chi connectivity index (χ0v) is 12.9. The van der Waals surface area contributed by atoms with E-state index in [4.69, 9.17) is 4.84 Å². The van der Waals surface area contributed by atoms with E-state index >= 15 is 0 Å². The molecular formula is C15H12N4O6. The van der Waals surface area contributed by atoms with Crippen LogP contribution in [0, 0.1) is 0 Å². The lowest BCUT2D eigenvalue weighted by Crippen LogP contribution is -2.57. The molecule has 1 N–H and O–H groups in total. The predicted octanol–water partition coefficient (Wildman–Crippen LogP) is 0.418. The number of aliphatic carboxylic acids is 1. The Morgan fingerprint density at radius 2 is 1.80 bits per heavy atom. The number of imide groups is 1. The molecule has 3 rings (SSSR count). The molecule has 1 aromatic carbocycles. The first-order chi connectivity index (χ1) is 11.9. The average molecular weight is 344 g/mol. The third-order valence-corrected chi connectivity index (χ3v) is 3.56. The van der Waals surface area contributed by atoms with Gasteiger partial charge in [-0.3, -0.25) is 9.59 Å². The minimum Gasteiger partial charge on any atom is -0.480 e. The van der Waals surface area contributed by atoms with Crippen molar-refractivity contribution in [1.82, 2.24) is 19.7 Å². The van der Waals surface area contributed by atoms with Crippen molar-refractivity contribution >= 4 is 23.9 Å². The maximum absolute atomic E-state index is 12.5. The first-order valence-electron chi connectivity index (χ1n) is 7.12. The number of carbonyl (C=O) groups excluding carboxylic acids is 3. The van der Waals surface area contributed by atoms with Crippen molar-refractivity contribution in [2.75, 3.05) is 0 Å². The van der Waals surface area contributed by atoms with Crippen molar-refractivity contribution in [3.8, 4) is 0 Å². The number of hydrogen-bond donors (Lipinski definition) is 1. The number of hydrogen-bond acceptors (Lipinski definition) is 6. The quantitative estimate of drug-likeness (QED) is 0.797. The van der Waals surface area contributed by atoms with Gasteiger partial charge in [-0.1, -0.05) is 12.1 Å². The molecule has 128 valence electrons. The second-order valence-electron chi connectivity index (χ2n) is 5.11. The molecule has 2 aromatic rings. The fourth-order valence-electron chi connectivity index (χ4n) is 2.32. The van der Waals surface area contributed by atoms with Crippen LogP contribution in [0.5, 0.6) is 0 Å². The lowest BCUT2D eigenvalue weighted by Gasteiger charge is -2.31. The van der Waals surface area contributed by atoms with Crippen LogP contribution < -0.4 is 4.84 Å². The van der Waals surface area contributed by atoms with Gasteiger partial charge in [-0.05, 0) is 19.1 Å². The molecule has 0 aliphatic carbocycles. The number of carbonyl (C=O) groups is 4. The Labute approximate surface area is 140 Å². The van der Waals surface area contributed by atoms with Gasteiger partial charge in [0.15, 0.2) is 6.04 Å². The molecule has 0 saturated carbocycles. The number of amides is 3. The smallest absolute Gasteiger partial charge is 0.454 e. The second kappa shape index (κ2) is 6.07. The predicted molar refractivity (Wildman–Crippen MR) is 80.1 cm³/mol. The summed E-state index contributed by atoms with van der Waals surface area (Å²) in [6.45, 7) is 1.15. The van der Waals surface area contributed by atoms with Crippen LogP contribution in [-0.4, -0.2) is 54.8 Å². The molecule has 1 unspecified atom stereocenters. The third kappa shape index (κ3) is 2.69. The largest absolute Gasteiger partial charge is 0.480 e. The van der Waals surface area contributed by atoms with E-state index in [9.17, 15) is 24.3 Å². The Morgan fingerprint density at radius 1 is 1.20 bits per heavy atom. The molecule has 1 aromatic heterocycles. The minimum atomic E-state index is -1.53. The maximum Gasteiger partial charge on any atom is 0.454 e. The van der Waals surface area contributed by atoms with Crippen LogP contribution >= 0.6 is 0 Å². The zero-order chi connectivity index (χ0) is 18.1. The highest BCUT2D eigenvalue weighted by Gasteiger charge is 2.45. The summed E-state index contributed by atoms with van der Waals surface area (Å²) in [6.07, 6.45) is 2.57. The van der Waals surface area contributed by atoms with E-state index in [1.54, 1.807) is 12.1 Å². The SMILES string of the molecule is CC(C(=O)O)N(C(=O)On1ccnc1)N1C(=O)c2ccccc2C1=O. The Bertz CT molecular complexity index is 828. The lowest BCUT2D eigenvalue weighted by molar-refractivity contribution is -0.145. The second-order valence-corrected chi connectivity index (χ2v) is 5.11. The number of carboxylic acid groups (broad SMARTS) is 1. The minimum absolute atomic E-state index is 0.0746. The van der Waals surface area contributed by atoms with Gasteiger partial charge < -0.3 is 9.94 Å². The molecule has 0 radical (unpaired) electrons. The fraction of sp³-hybridized carbons (Fsp3) is 0.133. The summed E-state index contributed by atoms with van der Waals surface area (Å²) in [7, 11) is 0. The molecule has 3 amide bonds. The number of carboxylic acids is 1. The summed E-state index contributed by atoms with van der Waals surface area (Å²) in [4.78, 5) is 57.5. The van der Waals surface area contributed by atoms with Crippen LogP contribution in [0.3, 0.4) is 0 Å². The molecule has 0 bridgehead atoms. The number of nitrogens with zero attached hydrogens (tertiary/aromatic N) is 4. The fourth-order valence-corrected chi connectivity index (χ4v) is 2.32. The van der Waals surface area contributed by atoms with Crippen LogP contribution in [0.2, 0.25) is 0 Å². The van der Waals surface area contributed by atoms with Crippen LogP contribution in [0.25, 0.3) is 0 Å². The van der Waals surface area contributed by atoms with Gasteiger partial charge >= 0.3 is 12.1 Å². The molecule has 1 aliphatic heterocycles. The van der Waals surface area contributed by atoms with E-state index < -0.39 is 29.9 Å². The maximum atomic E-state index is 12.5. The molecule has 1 aliphatic rings. The van der Waals surface area contributed by atoms with Crippen LogP contribution in [0.4, 0.5) is 4.79 Å². The molecule has 2 heterocycles. The molecule has 0 spiro atoms. The summed E-state index contributed by atoms with van der Waals surface area (Å²) in [5, 5.41) is 10.2. The normalized spacial score (nSPS) is 14.2. The summed E-state index contributed by atoms with van der Waals surface area (Å²) in [5.41, 5.74) is 0.149.